The number of nitrogens with zero attached hydrogens (tertiary/aromatic N) is 3. The molecule has 0 amide bonds. The van der Waals surface area contributed by atoms with Crippen molar-refractivity contribution in [3.8, 4) is 5.88 Å². The van der Waals surface area contributed by atoms with Gasteiger partial charge in [-0.1, -0.05) is 23.4 Å². The van der Waals surface area contributed by atoms with Crippen LogP contribution in [0.15, 0.2) is 28.4 Å². The Kier molecular flexibility index (Phi) is 3.88. The lowest BCUT2D eigenvalue weighted by Gasteiger charge is -2.08. The second kappa shape index (κ2) is 5.41. The van der Waals surface area contributed by atoms with Crippen molar-refractivity contribution in [2.75, 3.05) is 12.8 Å². The summed E-state index contributed by atoms with van der Waals surface area (Å²) >= 11 is 7.47. The zero-order chi connectivity index (χ0) is 13.1. The maximum Gasteiger partial charge on any atom is 0.233 e. The summed E-state index contributed by atoms with van der Waals surface area (Å²) in [4.78, 5) is 13.1. The number of aromatic nitrogens is 3. The average molecular weight is 283 g/mol. The summed E-state index contributed by atoms with van der Waals surface area (Å²) < 4.78 is 5.05. The molecule has 0 aromatic carbocycles. The van der Waals surface area contributed by atoms with E-state index in [1.807, 2.05) is 6.92 Å². The van der Waals surface area contributed by atoms with Crippen LogP contribution in [-0.2, 0) is 0 Å². The molecule has 0 spiro atoms. The van der Waals surface area contributed by atoms with Crippen molar-refractivity contribution in [3.05, 3.63) is 29.2 Å². The molecule has 0 atom stereocenters. The van der Waals surface area contributed by atoms with Crippen LogP contribution in [0.25, 0.3) is 0 Å². The highest BCUT2D eigenvalue weighted by Gasteiger charge is 2.12. The molecular formula is C11H11ClN4OS. The van der Waals surface area contributed by atoms with Gasteiger partial charge in [0.2, 0.25) is 5.88 Å². The van der Waals surface area contributed by atoms with Gasteiger partial charge in [-0.2, -0.15) is 0 Å². The van der Waals surface area contributed by atoms with Gasteiger partial charge >= 0.3 is 0 Å². The van der Waals surface area contributed by atoms with Gasteiger partial charge in [0.25, 0.3) is 0 Å². The molecule has 2 rings (SSSR count). The van der Waals surface area contributed by atoms with E-state index >= 15 is 0 Å². The van der Waals surface area contributed by atoms with E-state index in [9.17, 15) is 0 Å². The van der Waals surface area contributed by atoms with E-state index < -0.39 is 0 Å². The molecule has 0 aliphatic rings. The SMILES string of the molecule is COc1nccc(Sc2ncc(C)nc2N)c1Cl. The number of nitrogen functional groups attached to an aromatic ring is 1. The minimum absolute atomic E-state index is 0.375. The van der Waals surface area contributed by atoms with Gasteiger partial charge < -0.3 is 10.5 Å². The van der Waals surface area contributed by atoms with Crippen LogP contribution in [-0.4, -0.2) is 22.1 Å². The molecule has 0 unspecified atom stereocenters. The van der Waals surface area contributed by atoms with Gasteiger partial charge in [-0.25, -0.2) is 15.0 Å². The first-order chi connectivity index (χ1) is 8.61. The Balaban J connectivity index is 2.34. The van der Waals surface area contributed by atoms with Crippen molar-refractivity contribution in [2.45, 2.75) is 16.8 Å². The number of hydrogen-bond donors (Lipinski definition) is 1. The molecule has 0 aliphatic carbocycles. The number of rotatable bonds is 3. The first-order valence-corrected chi connectivity index (χ1v) is 6.26. The Morgan fingerprint density at radius 1 is 1.39 bits per heavy atom. The summed E-state index contributed by atoms with van der Waals surface area (Å²) in [6.45, 7) is 1.83. The molecule has 0 bridgehead atoms. The van der Waals surface area contributed by atoms with Crippen LogP contribution < -0.4 is 10.5 Å². The second-order valence-corrected chi connectivity index (χ2v) is 4.84. The normalized spacial score (nSPS) is 10.4. The topological polar surface area (TPSA) is 73.9 Å². The van der Waals surface area contributed by atoms with E-state index in [2.05, 4.69) is 15.0 Å². The first-order valence-electron chi connectivity index (χ1n) is 5.07. The maximum absolute atomic E-state index is 6.15. The van der Waals surface area contributed by atoms with Crippen LogP contribution in [0.1, 0.15) is 5.69 Å². The fourth-order valence-electron chi connectivity index (χ4n) is 1.30. The fraction of sp³-hybridized carbons (Fsp3) is 0.182. The number of pyridine rings is 1. The van der Waals surface area contributed by atoms with Gasteiger partial charge in [0.1, 0.15) is 10.0 Å². The Morgan fingerprint density at radius 3 is 2.83 bits per heavy atom. The quantitative estimate of drug-likeness (QED) is 0.933. The Hall–Kier alpha value is -1.53. The van der Waals surface area contributed by atoms with E-state index in [0.29, 0.717) is 21.7 Å². The minimum Gasteiger partial charge on any atom is -0.480 e. The largest absolute Gasteiger partial charge is 0.480 e. The van der Waals surface area contributed by atoms with E-state index in [4.69, 9.17) is 22.1 Å². The van der Waals surface area contributed by atoms with Crippen LogP contribution >= 0.6 is 23.4 Å². The van der Waals surface area contributed by atoms with Crippen molar-refractivity contribution >= 4 is 29.2 Å². The molecule has 18 heavy (non-hydrogen) atoms. The van der Waals surface area contributed by atoms with Crippen molar-refractivity contribution in [1.29, 1.82) is 0 Å². The number of hydrogen-bond acceptors (Lipinski definition) is 6. The third-order valence-electron chi connectivity index (χ3n) is 2.11. The van der Waals surface area contributed by atoms with E-state index in [0.717, 1.165) is 10.6 Å². The van der Waals surface area contributed by atoms with E-state index in [1.54, 1.807) is 18.5 Å². The van der Waals surface area contributed by atoms with E-state index in [1.165, 1.54) is 18.9 Å². The average Bonchev–Trinajstić information content (AvgIpc) is 2.35. The van der Waals surface area contributed by atoms with Crippen LogP contribution in [0.4, 0.5) is 5.82 Å². The van der Waals surface area contributed by atoms with Crippen LogP contribution in [0, 0.1) is 6.92 Å². The summed E-state index contributed by atoms with van der Waals surface area (Å²) in [5, 5.41) is 1.04. The number of aryl methyl sites for hydroxylation is 1. The number of methoxy groups -OCH3 is 1. The molecule has 94 valence electrons. The van der Waals surface area contributed by atoms with Gasteiger partial charge in [0.05, 0.1) is 12.8 Å². The molecule has 2 heterocycles. The molecule has 0 aliphatic heterocycles. The van der Waals surface area contributed by atoms with Crippen molar-refractivity contribution in [1.82, 2.24) is 15.0 Å². The Labute approximate surface area is 114 Å². The molecule has 0 fully saturated rings. The van der Waals surface area contributed by atoms with Gasteiger partial charge in [-0.05, 0) is 13.0 Å². The van der Waals surface area contributed by atoms with Crippen molar-refractivity contribution in [3.63, 3.8) is 0 Å². The number of anilines is 1. The van der Waals surface area contributed by atoms with Gasteiger partial charge in [-0.15, -0.1) is 0 Å². The monoisotopic (exact) mass is 282 g/mol. The highest BCUT2D eigenvalue weighted by Crippen LogP contribution is 2.37. The number of halogens is 1. The molecule has 2 aromatic heterocycles. The summed E-state index contributed by atoms with van der Waals surface area (Å²) in [6.07, 6.45) is 3.27. The number of ether oxygens (including phenoxy) is 1. The molecule has 2 N–H and O–H groups in total. The van der Waals surface area contributed by atoms with Crippen molar-refractivity contribution < 1.29 is 4.74 Å². The van der Waals surface area contributed by atoms with Gasteiger partial charge in [0.15, 0.2) is 5.82 Å². The summed E-state index contributed by atoms with van der Waals surface area (Å²) in [5.41, 5.74) is 6.58. The Morgan fingerprint density at radius 2 is 2.17 bits per heavy atom. The van der Waals surface area contributed by atoms with Crippen LogP contribution in [0.2, 0.25) is 5.02 Å². The van der Waals surface area contributed by atoms with E-state index in [-0.39, 0.29) is 0 Å². The van der Waals surface area contributed by atoms with Gasteiger partial charge in [-0.3, -0.25) is 0 Å². The number of nitrogens with two attached hydrogens (primary N) is 1. The van der Waals surface area contributed by atoms with Crippen LogP contribution in [0.3, 0.4) is 0 Å². The first kappa shape index (κ1) is 12.9. The predicted molar refractivity (Wildman–Crippen MR) is 71.1 cm³/mol. The third kappa shape index (κ3) is 2.65. The lowest BCUT2D eigenvalue weighted by molar-refractivity contribution is 0.397. The molecule has 7 heteroatoms. The molecule has 2 aromatic rings. The highest BCUT2D eigenvalue weighted by molar-refractivity contribution is 7.99. The highest BCUT2D eigenvalue weighted by atomic mass is 35.5. The smallest absolute Gasteiger partial charge is 0.233 e. The minimum atomic E-state index is 0.375. The van der Waals surface area contributed by atoms with Gasteiger partial charge in [0, 0.05) is 17.3 Å². The second-order valence-electron chi connectivity index (χ2n) is 3.44. The fourth-order valence-corrected chi connectivity index (χ4v) is 2.37. The molecule has 5 nitrogen and oxygen atoms in total. The standard InChI is InChI=1S/C11H11ClN4OS/c1-6-5-15-11(9(13)16-6)18-7-3-4-14-10(17-2)8(7)12/h3-5H,1-2H3,(H2,13,16). The summed E-state index contributed by atoms with van der Waals surface area (Å²) in [7, 11) is 1.52. The lowest BCUT2D eigenvalue weighted by atomic mass is 10.5. The lowest BCUT2D eigenvalue weighted by Crippen LogP contribution is -1.98. The third-order valence-corrected chi connectivity index (χ3v) is 3.65. The summed E-state index contributed by atoms with van der Waals surface area (Å²) in [6, 6.07) is 1.77. The molecule has 0 saturated heterocycles. The van der Waals surface area contributed by atoms with Crippen molar-refractivity contribution in [2.24, 2.45) is 0 Å². The summed E-state index contributed by atoms with van der Waals surface area (Å²) in [5.74, 6) is 0.757. The molecule has 0 radical (unpaired) electrons. The maximum atomic E-state index is 6.15. The molecule has 0 saturated carbocycles. The Bertz CT molecular complexity index is 579. The van der Waals surface area contributed by atoms with Crippen LogP contribution in [0.5, 0.6) is 5.88 Å². The zero-order valence-electron chi connectivity index (χ0n) is 9.85. The predicted octanol–water partition coefficient (Wildman–Crippen LogP) is 2.58. The molecular weight excluding hydrogens is 272 g/mol. The zero-order valence-corrected chi connectivity index (χ0v) is 11.4.